The van der Waals surface area contributed by atoms with Gasteiger partial charge in [-0.15, -0.1) is 0 Å². The third-order valence-corrected chi connectivity index (χ3v) is 3.38. The number of furan rings is 1. The van der Waals surface area contributed by atoms with E-state index in [9.17, 15) is 0 Å². The summed E-state index contributed by atoms with van der Waals surface area (Å²) in [4.78, 5) is 2.45. The van der Waals surface area contributed by atoms with Gasteiger partial charge >= 0.3 is 0 Å². The molecule has 0 aromatic carbocycles. The zero-order valence-electron chi connectivity index (χ0n) is 12.2. The van der Waals surface area contributed by atoms with Crippen LogP contribution in [0.25, 0.3) is 0 Å². The van der Waals surface area contributed by atoms with Gasteiger partial charge in [0.25, 0.3) is 0 Å². The molecule has 2 rings (SSSR count). The van der Waals surface area contributed by atoms with Gasteiger partial charge in [-0.2, -0.15) is 0 Å². The van der Waals surface area contributed by atoms with E-state index in [-0.39, 0.29) is 0 Å². The van der Waals surface area contributed by atoms with Gasteiger partial charge in [-0.3, -0.25) is 4.90 Å². The number of nitrogens with zero attached hydrogens (tertiary/aromatic N) is 1. The van der Waals surface area contributed by atoms with Crippen molar-refractivity contribution in [2.45, 2.75) is 33.4 Å². The molecule has 1 aromatic rings. The molecule has 1 saturated heterocycles. The van der Waals surface area contributed by atoms with Crippen LogP contribution in [0.1, 0.15) is 31.6 Å². The van der Waals surface area contributed by atoms with Crippen LogP contribution in [0.3, 0.4) is 0 Å². The van der Waals surface area contributed by atoms with Crippen LogP contribution >= 0.6 is 0 Å². The van der Waals surface area contributed by atoms with E-state index in [2.05, 4.69) is 30.1 Å². The van der Waals surface area contributed by atoms with Crippen LogP contribution in [-0.4, -0.2) is 37.7 Å². The van der Waals surface area contributed by atoms with Crippen LogP contribution < -0.4 is 5.32 Å². The SMILES string of the molecule is CC(C)CNCc1occc1CN1CCCOCC1. The molecule has 1 fully saturated rings. The van der Waals surface area contributed by atoms with Gasteiger partial charge in [-0.25, -0.2) is 0 Å². The summed E-state index contributed by atoms with van der Waals surface area (Å²) in [5.41, 5.74) is 1.30. The van der Waals surface area contributed by atoms with E-state index in [0.717, 1.165) is 58.1 Å². The van der Waals surface area contributed by atoms with E-state index in [1.54, 1.807) is 6.26 Å². The summed E-state index contributed by atoms with van der Waals surface area (Å²) in [7, 11) is 0. The van der Waals surface area contributed by atoms with Crippen LogP contribution in [0, 0.1) is 5.92 Å². The molecule has 0 radical (unpaired) electrons. The van der Waals surface area contributed by atoms with Crippen LogP contribution in [0.15, 0.2) is 16.7 Å². The first kappa shape index (κ1) is 14.6. The summed E-state index contributed by atoms with van der Waals surface area (Å²) >= 11 is 0. The van der Waals surface area contributed by atoms with Gasteiger partial charge in [0.05, 0.1) is 19.4 Å². The molecule has 1 aliphatic heterocycles. The van der Waals surface area contributed by atoms with Gasteiger partial charge in [-0.05, 0) is 24.9 Å². The maximum atomic E-state index is 5.60. The third kappa shape index (κ3) is 4.97. The fourth-order valence-electron chi connectivity index (χ4n) is 2.33. The third-order valence-electron chi connectivity index (χ3n) is 3.38. The molecule has 0 saturated carbocycles. The minimum absolute atomic E-state index is 0.668. The van der Waals surface area contributed by atoms with E-state index < -0.39 is 0 Å². The molecular formula is C15H26N2O2. The smallest absolute Gasteiger partial charge is 0.122 e. The van der Waals surface area contributed by atoms with E-state index in [1.165, 1.54) is 5.56 Å². The van der Waals surface area contributed by atoms with Gasteiger partial charge in [0.1, 0.15) is 5.76 Å². The zero-order chi connectivity index (χ0) is 13.5. The number of nitrogens with one attached hydrogen (secondary N) is 1. The highest BCUT2D eigenvalue weighted by Crippen LogP contribution is 2.14. The standard InChI is InChI=1S/C15H26N2O2/c1-13(2)10-16-11-15-14(4-8-19-15)12-17-5-3-7-18-9-6-17/h4,8,13,16H,3,5-7,9-12H2,1-2H3. The topological polar surface area (TPSA) is 37.6 Å². The van der Waals surface area contributed by atoms with Gasteiger partial charge in [-0.1, -0.05) is 13.8 Å². The lowest BCUT2D eigenvalue weighted by molar-refractivity contribution is 0.140. The van der Waals surface area contributed by atoms with E-state index in [0.29, 0.717) is 5.92 Å². The fraction of sp³-hybridized carbons (Fsp3) is 0.733. The highest BCUT2D eigenvalue weighted by atomic mass is 16.5. The first-order valence-corrected chi connectivity index (χ1v) is 7.32. The van der Waals surface area contributed by atoms with Crippen LogP contribution in [0.4, 0.5) is 0 Å². The Morgan fingerprint density at radius 1 is 1.32 bits per heavy atom. The normalized spacial score (nSPS) is 17.8. The monoisotopic (exact) mass is 266 g/mol. The predicted octanol–water partition coefficient (Wildman–Crippen LogP) is 2.25. The summed E-state index contributed by atoms with van der Waals surface area (Å²) in [6.07, 6.45) is 2.93. The van der Waals surface area contributed by atoms with Gasteiger partial charge in [0, 0.05) is 31.8 Å². The Bertz CT molecular complexity index is 355. The molecular weight excluding hydrogens is 240 g/mol. The molecule has 1 aromatic heterocycles. The summed E-state index contributed by atoms with van der Waals surface area (Å²) in [5, 5.41) is 3.44. The van der Waals surface area contributed by atoms with Crippen molar-refractivity contribution >= 4 is 0 Å². The van der Waals surface area contributed by atoms with Crippen molar-refractivity contribution < 1.29 is 9.15 Å². The minimum Gasteiger partial charge on any atom is -0.468 e. The molecule has 0 spiro atoms. The molecule has 0 aliphatic carbocycles. The minimum atomic E-state index is 0.668. The molecule has 0 amide bonds. The zero-order valence-corrected chi connectivity index (χ0v) is 12.2. The number of hydrogen-bond acceptors (Lipinski definition) is 4. The lowest BCUT2D eigenvalue weighted by Crippen LogP contribution is -2.26. The summed E-state index contributed by atoms with van der Waals surface area (Å²) < 4.78 is 11.1. The largest absolute Gasteiger partial charge is 0.468 e. The molecule has 2 heterocycles. The molecule has 19 heavy (non-hydrogen) atoms. The number of ether oxygens (including phenoxy) is 1. The van der Waals surface area contributed by atoms with Crippen molar-refractivity contribution in [3.8, 4) is 0 Å². The average molecular weight is 266 g/mol. The predicted molar refractivity (Wildman–Crippen MR) is 76.0 cm³/mol. The van der Waals surface area contributed by atoms with Gasteiger partial charge in [0.15, 0.2) is 0 Å². The number of rotatable bonds is 6. The van der Waals surface area contributed by atoms with Crippen molar-refractivity contribution in [1.82, 2.24) is 10.2 Å². The molecule has 0 bridgehead atoms. The molecule has 108 valence electrons. The lowest BCUT2D eigenvalue weighted by Gasteiger charge is -2.18. The second-order valence-corrected chi connectivity index (χ2v) is 5.64. The van der Waals surface area contributed by atoms with Crippen LogP contribution in [-0.2, 0) is 17.8 Å². The Morgan fingerprint density at radius 2 is 2.21 bits per heavy atom. The van der Waals surface area contributed by atoms with Crippen molar-refractivity contribution in [1.29, 1.82) is 0 Å². The van der Waals surface area contributed by atoms with Crippen molar-refractivity contribution in [3.63, 3.8) is 0 Å². The van der Waals surface area contributed by atoms with Crippen molar-refractivity contribution in [3.05, 3.63) is 23.7 Å². The molecule has 4 nitrogen and oxygen atoms in total. The van der Waals surface area contributed by atoms with Gasteiger partial charge in [0.2, 0.25) is 0 Å². The van der Waals surface area contributed by atoms with Crippen LogP contribution in [0.5, 0.6) is 0 Å². The second kappa shape index (κ2) is 7.68. The Morgan fingerprint density at radius 3 is 3.05 bits per heavy atom. The maximum Gasteiger partial charge on any atom is 0.122 e. The summed E-state index contributed by atoms with van der Waals surface area (Å²) in [5.74, 6) is 1.74. The van der Waals surface area contributed by atoms with Crippen molar-refractivity contribution in [2.24, 2.45) is 5.92 Å². The van der Waals surface area contributed by atoms with E-state index >= 15 is 0 Å². The first-order valence-electron chi connectivity index (χ1n) is 7.32. The summed E-state index contributed by atoms with van der Waals surface area (Å²) in [6, 6.07) is 2.10. The first-order chi connectivity index (χ1) is 9.25. The lowest BCUT2D eigenvalue weighted by atomic mass is 10.2. The second-order valence-electron chi connectivity index (χ2n) is 5.64. The molecule has 1 aliphatic rings. The fourth-order valence-corrected chi connectivity index (χ4v) is 2.33. The quantitative estimate of drug-likeness (QED) is 0.857. The highest BCUT2D eigenvalue weighted by Gasteiger charge is 2.13. The van der Waals surface area contributed by atoms with E-state index in [1.807, 2.05) is 0 Å². The summed E-state index contributed by atoms with van der Waals surface area (Å²) in [6.45, 7) is 11.1. The molecule has 0 atom stereocenters. The van der Waals surface area contributed by atoms with Crippen molar-refractivity contribution in [2.75, 3.05) is 32.8 Å². The van der Waals surface area contributed by atoms with E-state index in [4.69, 9.17) is 9.15 Å². The van der Waals surface area contributed by atoms with Crippen LogP contribution in [0.2, 0.25) is 0 Å². The highest BCUT2D eigenvalue weighted by molar-refractivity contribution is 5.16. The molecule has 1 N–H and O–H groups in total. The average Bonchev–Trinajstić information content (AvgIpc) is 2.64. The molecule has 4 heteroatoms. The van der Waals surface area contributed by atoms with Gasteiger partial charge < -0.3 is 14.5 Å². The number of hydrogen-bond donors (Lipinski definition) is 1. The Balaban J connectivity index is 1.84. The Kier molecular flexibility index (Phi) is 5.89. The molecule has 0 unspecified atom stereocenters. The maximum absolute atomic E-state index is 5.60. The Hall–Kier alpha value is -0.840. The Labute approximate surface area is 116 Å².